The molecule has 0 aliphatic rings. The quantitative estimate of drug-likeness (QED) is 0.639. The maximum atomic E-state index is 6.09. The minimum absolute atomic E-state index is 0.603. The summed E-state index contributed by atoms with van der Waals surface area (Å²) in [5, 5.41) is 4.12. The number of nitrogens with zero attached hydrogens (tertiary/aromatic N) is 2. The fourth-order valence-corrected chi connectivity index (χ4v) is 3.95. The van der Waals surface area contributed by atoms with Crippen LogP contribution in [0.1, 0.15) is 0 Å². The first-order valence-corrected chi connectivity index (χ1v) is 9.52. The minimum atomic E-state index is -3.03. The molecule has 0 unspecified atom stereocenters. The molecule has 120 valence electrons. The van der Waals surface area contributed by atoms with Gasteiger partial charge in [0.1, 0.15) is 0 Å². The van der Waals surface area contributed by atoms with Gasteiger partial charge in [0.15, 0.2) is 0 Å². The van der Waals surface area contributed by atoms with Crippen molar-refractivity contribution in [1.29, 1.82) is 0 Å². The fraction of sp³-hybridized carbons (Fsp3) is 0.118. The molecule has 23 heavy (non-hydrogen) atoms. The second kappa shape index (κ2) is 6.71. The van der Waals surface area contributed by atoms with E-state index in [9.17, 15) is 0 Å². The first kappa shape index (κ1) is 15.4. The molecule has 3 rings (SSSR count). The Kier molecular flexibility index (Phi) is 4.49. The van der Waals surface area contributed by atoms with Crippen molar-refractivity contribution in [3.63, 3.8) is 0 Å². The van der Waals surface area contributed by atoms with Crippen molar-refractivity contribution in [1.82, 2.24) is 9.78 Å². The third-order valence-electron chi connectivity index (χ3n) is 3.16. The number of aryl methyl sites for hydroxylation is 1. The molecule has 0 aliphatic carbocycles. The molecule has 0 N–H and O–H groups in total. The van der Waals surface area contributed by atoms with Crippen molar-refractivity contribution in [2.45, 2.75) is 0 Å². The zero-order valence-electron chi connectivity index (χ0n) is 13.0. The predicted molar refractivity (Wildman–Crippen MR) is 92.2 cm³/mol. The standard InChI is InChI=1S/C17H19N2O3P/c1-19-17(13-14-18-19)22-23(2,20-15-9-5-3-6-10-15)21-16-11-7-4-8-12-16/h3-14,23H,1-2H3. The summed E-state index contributed by atoms with van der Waals surface area (Å²) in [6, 6.07) is 20.8. The molecular formula is C17H19N2O3P. The molecule has 0 fully saturated rings. The normalized spacial score (nSPS) is 11.7. The monoisotopic (exact) mass is 330 g/mol. The first-order chi connectivity index (χ1) is 11.1. The van der Waals surface area contributed by atoms with Gasteiger partial charge in [-0.1, -0.05) is 0 Å². The van der Waals surface area contributed by atoms with Crippen molar-refractivity contribution in [2.75, 3.05) is 6.66 Å². The van der Waals surface area contributed by atoms with Crippen LogP contribution in [0.4, 0.5) is 0 Å². The molecule has 0 amide bonds. The topological polar surface area (TPSA) is 45.5 Å². The van der Waals surface area contributed by atoms with E-state index < -0.39 is 7.94 Å². The molecule has 0 radical (unpaired) electrons. The summed E-state index contributed by atoms with van der Waals surface area (Å²) in [6.07, 6.45) is 1.68. The molecule has 1 aromatic heterocycles. The van der Waals surface area contributed by atoms with Crippen LogP contribution in [0.5, 0.6) is 17.4 Å². The molecule has 3 aromatic rings. The van der Waals surface area contributed by atoms with Gasteiger partial charge < -0.3 is 0 Å². The summed E-state index contributed by atoms with van der Waals surface area (Å²) in [5.41, 5.74) is 0. The van der Waals surface area contributed by atoms with Crippen LogP contribution in [-0.4, -0.2) is 16.4 Å². The van der Waals surface area contributed by atoms with E-state index in [-0.39, 0.29) is 0 Å². The molecule has 0 aliphatic heterocycles. The zero-order valence-corrected chi connectivity index (χ0v) is 14.0. The van der Waals surface area contributed by atoms with E-state index in [1.807, 2.05) is 74.4 Å². The van der Waals surface area contributed by atoms with Crippen molar-refractivity contribution in [2.24, 2.45) is 7.05 Å². The van der Waals surface area contributed by atoms with E-state index >= 15 is 0 Å². The molecule has 0 spiro atoms. The number of hydrogen-bond donors (Lipinski definition) is 0. The van der Waals surface area contributed by atoms with Crippen LogP contribution in [0.2, 0.25) is 0 Å². The second-order valence-corrected chi connectivity index (χ2v) is 7.42. The molecule has 0 bridgehead atoms. The summed E-state index contributed by atoms with van der Waals surface area (Å²) in [5.74, 6) is 2.02. The molecule has 2 aromatic carbocycles. The van der Waals surface area contributed by atoms with E-state index in [1.54, 1.807) is 16.9 Å². The van der Waals surface area contributed by atoms with Gasteiger partial charge in [-0.15, -0.1) is 0 Å². The summed E-state index contributed by atoms with van der Waals surface area (Å²) >= 11 is 0. The third-order valence-corrected chi connectivity index (χ3v) is 4.95. The Morgan fingerprint density at radius 1 is 0.783 bits per heavy atom. The molecule has 0 saturated carbocycles. The maximum absolute atomic E-state index is 6.09. The Hall–Kier alpha value is -2.52. The van der Waals surface area contributed by atoms with Crippen LogP contribution < -0.4 is 13.6 Å². The summed E-state index contributed by atoms with van der Waals surface area (Å²) < 4.78 is 19.9. The van der Waals surface area contributed by atoms with Gasteiger partial charge in [0.2, 0.25) is 0 Å². The van der Waals surface area contributed by atoms with Crippen LogP contribution in [0.25, 0.3) is 0 Å². The SMILES string of the molecule is Cn1nccc1O[PH](C)(Oc1ccccc1)Oc1ccccc1. The molecule has 0 saturated heterocycles. The van der Waals surface area contributed by atoms with Gasteiger partial charge in [-0.25, -0.2) is 0 Å². The van der Waals surface area contributed by atoms with E-state index in [1.165, 1.54) is 0 Å². The van der Waals surface area contributed by atoms with Gasteiger partial charge in [0, 0.05) is 0 Å². The fourth-order valence-electron chi connectivity index (χ4n) is 2.12. The number of benzene rings is 2. The van der Waals surface area contributed by atoms with E-state index in [2.05, 4.69) is 5.10 Å². The van der Waals surface area contributed by atoms with Crippen LogP contribution in [0.15, 0.2) is 72.9 Å². The Balaban J connectivity index is 1.87. The Morgan fingerprint density at radius 2 is 1.30 bits per heavy atom. The van der Waals surface area contributed by atoms with E-state index in [0.29, 0.717) is 17.4 Å². The second-order valence-electron chi connectivity index (χ2n) is 5.09. The molecule has 1 heterocycles. The van der Waals surface area contributed by atoms with Crippen molar-refractivity contribution < 1.29 is 13.6 Å². The number of para-hydroxylation sites is 2. The van der Waals surface area contributed by atoms with Gasteiger partial charge >= 0.3 is 135 Å². The Bertz CT molecular complexity index is 705. The summed E-state index contributed by atoms with van der Waals surface area (Å²) in [7, 11) is -1.21. The Labute approximate surface area is 136 Å². The van der Waals surface area contributed by atoms with Crippen molar-refractivity contribution >= 4 is 7.94 Å². The molecular weight excluding hydrogens is 311 g/mol. The average molecular weight is 330 g/mol. The number of rotatable bonds is 6. The third kappa shape index (κ3) is 4.02. The first-order valence-electron chi connectivity index (χ1n) is 7.30. The van der Waals surface area contributed by atoms with Gasteiger partial charge in [0.05, 0.1) is 0 Å². The molecule has 6 heteroatoms. The Morgan fingerprint density at radius 3 is 1.74 bits per heavy atom. The van der Waals surface area contributed by atoms with Crippen LogP contribution in [0, 0.1) is 0 Å². The van der Waals surface area contributed by atoms with Crippen molar-refractivity contribution in [3.05, 3.63) is 72.9 Å². The van der Waals surface area contributed by atoms with E-state index in [4.69, 9.17) is 13.6 Å². The van der Waals surface area contributed by atoms with Gasteiger partial charge in [-0.3, -0.25) is 0 Å². The molecule has 5 nitrogen and oxygen atoms in total. The van der Waals surface area contributed by atoms with E-state index in [0.717, 1.165) is 0 Å². The summed E-state index contributed by atoms with van der Waals surface area (Å²) in [4.78, 5) is 0. The van der Waals surface area contributed by atoms with Gasteiger partial charge in [-0.05, 0) is 0 Å². The summed E-state index contributed by atoms with van der Waals surface area (Å²) in [6.45, 7) is 1.86. The number of aromatic nitrogens is 2. The van der Waals surface area contributed by atoms with Crippen molar-refractivity contribution in [3.8, 4) is 17.4 Å². The number of hydrogen-bond acceptors (Lipinski definition) is 4. The van der Waals surface area contributed by atoms with Gasteiger partial charge in [-0.2, -0.15) is 0 Å². The predicted octanol–water partition coefficient (Wildman–Crippen LogP) is 4.08. The zero-order chi connectivity index (χ0) is 16.1. The van der Waals surface area contributed by atoms with Crippen LogP contribution in [0.3, 0.4) is 0 Å². The molecule has 0 atom stereocenters. The average Bonchev–Trinajstić information content (AvgIpc) is 2.93. The van der Waals surface area contributed by atoms with Crippen LogP contribution >= 0.6 is 7.94 Å². The van der Waals surface area contributed by atoms with Crippen LogP contribution in [-0.2, 0) is 7.05 Å². The van der Waals surface area contributed by atoms with Gasteiger partial charge in [0.25, 0.3) is 0 Å².